The molecular weight excluding hydrogens is 204 g/mol. The summed E-state index contributed by atoms with van der Waals surface area (Å²) < 4.78 is 0. The number of carbonyl (C=O) groups is 1. The first-order valence-electron chi connectivity index (χ1n) is 5.91. The molecule has 4 nitrogen and oxygen atoms in total. The number of piperazine rings is 1. The molecule has 1 heterocycles. The van der Waals surface area contributed by atoms with Gasteiger partial charge < -0.3 is 5.11 Å². The van der Waals surface area contributed by atoms with E-state index in [1.54, 1.807) is 13.0 Å². The summed E-state index contributed by atoms with van der Waals surface area (Å²) in [6.45, 7) is 11.0. The number of aliphatic carboxylic acids is 1. The second-order valence-corrected chi connectivity index (χ2v) is 4.43. The molecular formula is C12H22N2O2. The summed E-state index contributed by atoms with van der Waals surface area (Å²) in [7, 11) is 0. The van der Waals surface area contributed by atoms with E-state index in [9.17, 15) is 4.79 Å². The van der Waals surface area contributed by atoms with Crippen molar-refractivity contribution >= 4 is 5.97 Å². The van der Waals surface area contributed by atoms with Crippen molar-refractivity contribution < 1.29 is 9.90 Å². The van der Waals surface area contributed by atoms with Crippen LogP contribution in [0.3, 0.4) is 0 Å². The minimum atomic E-state index is -0.819. The van der Waals surface area contributed by atoms with Crippen LogP contribution < -0.4 is 0 Å². The van der Waals surface area contributed by atoms with Gasteiger partial charge in [0.2, 0.25) is 0 Å². The molecule has 1 saturated heterocycles. The average molecular weight is 226 g/mol. The number of likely N-dealkylation sites (N-methyl/N-ethyl adjacent to an activating group) is 1. The fraction of sp³-hybridized carbons (Fsp3) is 0.750. The van der Waals surface area contributed by atoms with E-state index in [0.29, 0.717) is 11.6 Å². The van der Waals surface area contributed by atoms with Crippen LogP contribution in [0, 0.1) is 0 Å². The SMILES string of the molecule is CCN1CCN(CC=C(C)C(=O)O)CC1C. The van der Waals surface area contributed by atoms with Gasteiger partial charge in [0.1, 0.15) is 0 Å². The van der Waals surface area contributed by atoms with Crippen molar-refractivity contribution in [2.75, 3.05) is 32.7 Å². The monoisotopic (exact) mass is 226 g/mol. The predicted molar refractivity (Wildman–Crippen MR) is 64.5 cm³/mol. The van der Waals surface area contributed by atoms with Crippen molar-refractivity contribution in [2.24, 2.45) is 0 Å². The number of carboxylic acid groups (broad SMARTS) is 1. The highest BCUT2D eigenvalue weighted by Gasteiger charge is 2.21. The van der Waals surface area contributed by atoms with Crippen LogP contribution in [0.2, 0.25) is 0 Å². The minimum absolute atomic E-state index is 0.436. The van der Waals surface area contributed by atoms with Crippen LogP contribution in [-0.2, 0) is 4.79 Å². The van der Waals surface area contributed by atoms with E-state index in [0.717, 1.165) is 32.7 Å². The molecule has 0 aromatic rings. The highest BCUT2D eigenvalue weighted by Crippen LogP contribution is 2.09. The molecule has 0 bridgehead atoms. The van der Waals surface area contributed by atoms with Crippen LogP contribution in [-0.4, -0.2) is 59.6 Å². The zero-order chi connectivity index (χ0) is 12.1. The van der Waals surface area contributed by atoms with Gasteiger partial charge in [-0.2, -0.15) is 0 Å². The van der Waals surface area contributed by atoms with E-state index in [-0.39, 0.29) is 0 Å². The Morgan fingerprint density at radius 1 is 1.50 bits per heavy atom. The lowest BCUT2D eigenvalue weighted by atomic mass is 10.2. The Labute approximate surface area is 97.5 Å². The zero-order valence-corrected chi connectivity index (χ0v) is 10.4. The first kappa shape index (κ1) is 13.2. The molecule has 0 radical (unpaired) electrons. The third kappa shape index (κ3) is 3.61. The summed E-state index contributed by atoms with van der Waals surface area (Å²) in [6.07, 6.45) is 1.80. The molecule has 16 heavy (non-hydrogen) atoms. The highest BCUT2D eigenvalue weighted by atomic mass is 16.4. The number of rotatable bonds is 4. The first-order valence-corrected chi connectivity index (χ1v) is 5.91. The van der Waals surface area contributed by atoms with Gasteiger partial charge >= 0.3 is 5.97 Å². The lowest BCUT2D eigenvalue weighted by Crippen LogP contribution is -2.51. The summed E-state index contributed by atoms with van der Waals surface area (Å²) in [4.78, 5) is 15.4. The topological polar surface area (TPSA) is 43.8 Å². The molecule has 0 spiro atoms. The summed E-state index contributed by atoms with van der Waals surface area (Å²) in [5, 5.41) is 8.75. The summed E-state index contributed by atoms with van der Waals surface area (Å²) in [6, 6.07) is 0.567. The maximum atomic E-state index is 10.6. The summed E-state index contributed by atoms with van der Waals surface area (Å²) in [5.74, 6) is -0.819. The van der Waals surface area contributed by atoms with Crippen LogP contribution >= 0.6 is 0 Å². The quantitative estimate of drug-likeness (QED) is 0.728. The van der Waals surface area contributed by atoms with Crippen molar-refractivity contribution in [3.05, 3.63) is 11.6 Å². The molecule has 0 saturated carbocycles. The fourth-order valence-electron chi connectivity index (χ4n) is 2.06. The first-order chi connectivity index (χ1) is 7.54. The van der Waals surface area contributed by atoms with Gasteiger partial charge in [-0.05, 0) is 20.4 Å². The molecule has 4 heteroatoms. The molecule has 1 fully saturated rings. The largest absolute Gasteiger partial charge is 0.478 e. The van der Waals surface area contributed by atoms with Crippen molar-refractivity contribution in [2.45, 2.75) is 26.8 Å². The van der Waals surface area contributed by atoms with Gasteiger partial charge in [-0.15, -0.1) is 0 Å². The maximum absolute atomic E-state index is 10.6. The van der Waals surface area contributed by atoms with Crippen LogP contribution in [0.25, 0.3) is 0 Å². The predicted octanol–water partition coefficient (Wildman–Crippen LogP) is 1.04. The molecule has 1 unspecified atom stereocenters. The average Bonchev–Trinajstić information content (AvgIpc) is 2.25. The lowest BCUT2D eigenvalue weighted by Gasteiger charge is -2.38. The van der Waals surface area contributed by atoms with E-state index in [1.165, 1.54) is 0 Å². The molecule has 1 rings (SSSR count). The molecule has 0 aliphatic carbocycles. The molecule has 1 aliphatic rings. The fourth-order valence-corrected chi connectivity index (χ4v) is 2.06. The van der Waals surface area contributed by atoms with Gasteiger partial charge in [0, 0.05) is 37.8 Å². The zero-order valence-electron chi connectivity index (χ0n) is 10.4. The second-order valence-electron chi connectivity index (χ2n) is 4.43. The van der Waals surface area contributed by atoms with E-state index in [1.807, 2.05) is 0 Å². The van der Waals surface area contributed by atoms with Crippen LogP contribution in [0.5, 0.6) is 0 Å². The van der Waals surface area contributed by atoms with E-state index >= 15 is 0 Å². The molecule has 0 aromatic carbocycles. The van der Waals surface area contributed by atoms with E-state index in [4.69, 9.17) is 5.11 Å². The standard InChI is InChI=1S/C12H22N2O2/c1-4-14-8-7-13(9-11(14)3)6-5-10(2)12(15)16/h5,11H,4,6-9H2,1-3H3,(H,15,16). The molecule has 1 atom stereocenters. The Morgan fingerprint density at radius 3 is 2.69 bits per heavy atom. The Kier molecular flexibility index (Phi) is 4.96. The molecule has 92 valence electrons. The second kappa shape index (κ2) is 6.01. The van der Waals surface area contributed by atoms with Crippen LogP contribution in [0.15, 0.2) is 11.6 Å². The molecule has 1 aliphatic heterocycles. The lowest BCUT2D eigenvalue weighted by molar-refractivity contribution is -0.132. The van der Waals surface area contributed by atoms with Gasteiger partial charge in [-0.1, -0.05) is 13.0 Å². The number of hydrogen-bond acceptors (Lipinski definition) is 3. The van der Waals surface area contributed by atoms with Gasteiger partial charge in [0.25, 0.3) is 0 Å². The number of hydrogen-bond donors (Lipinski definition) is 1. The van der Waals surface area contributed by atoms with E-state index in [2.05, 4.69) is 23.6 Å². The van der Waals surface area contributed by atoms with Crippen molar-refractivity contribution in [1.29, 1.82) is 0 Å². The minimum Gasteiger partial charge on any atom is -0.478 e. The van der Waals surface area contributed by atoms with Gasteiger partial charge in [-0.25, -0.2) is 4.79 Å². The van der Waals surface area contributed by atoms with Gasteiger partial charge in [0.15, 0.2) is 0 Å². The summed E-state index contributed by atoms with van der Waals surface area (Å²) in [5.41, 5.74) is 0.436. The number of nitrogens with zero attached hydrogens (tertiary/aromatic N) is 2. The Balaban J connectivity index is 2.41. The third-order valence-corrected chi connectivity index (χ3v) is 3.25. The summed E-state index contributed by atoms with van der Waals surface area (Å²) >= 11 is 0. The van der Waals surface area contributed by atoms with Crippen molar-refractivity contribution in [3.8, 4) is 0 Å². The van der Waals surface area contributed by atoms with E-state index < -0.39 is 5.97 Å². The molecule has 1 N–H and O–H groups in total. The molecule has 0 amide bonds. The van der Waals surface area contributed by atoms with Crippen molar-refractivity contribution in [1.82, 2.24) is 9.80 Å². The number of carboxylic acids is 1. The maximum Gasteiger partial charge on any atom is 0.330 e. The highest BCUT2D eigenvalue weighted by molar-refractivity contribution is 5.85. The van der Waals surface area contributed by atoms with Crippen molar-refractivity contribution in [3.63, 3.8) is 0 Å². The Morgan fingerprint density at radius 2 is 2.19 bits per heavy atom. The Bertz CT molecular complexity index is 276. The third-order valence-electron chi connectivity index (χ3n) is 3.25. The van der Waals surface area contributed by atoms with Gasteiger partial charge in [-0.3, -0.25) is 9.80 Å². The smallest absolute Gasteiger partial charge is 0.330 e. The van der Waals surface area contributed by atoms with Crippen LogP contribution in [0.4, 0.5) is 0 Å². The normalized spacial score (nSPS) is 24.7. The van der Waals surface area contributed by atoms with Crippen LogP contribution in [0.1, 0.15) is 20.8 Å². The Hall–Kier alpha value is -0.870. The van der Waals surface area contributed by atoms with Gasteiger partial charge in [0.05, 0.1) is 0 Å². The molecule has 0 aromatic heterocycles.